The molecule has 1 rings (SSSR count). The van der Waals surface area contributed by atoms with E-state index in [9.17, 15) is 0 Å². The van der Waals surface area contributed by atoms with Crippen molar-refractivity contribution in [3.63, 3.8) is 0 Å². The van der Waals surface area contributed by atoms with Gasteiger partial charge in [0.2, 0.25) is 0 Å². The second-order valence-corrected chi connectivity index (χ2v) is 4.45. The molecule has 1 aromatic heterocycles. The molecule has 0 amide bonds. The molecule has 0 aliphatic heterocycles. The summed E-state index contributed by atoms with van der Waals surface area (Å²) in [7, 11) is 0. The zero-order valence-electron chi connectivity index (χ0n) is 8.73. The highest BCUT2D eigenvalue weighted by Gasteiger charge is 1.98. The Bertz CT molecular complexity index is 240. The van der Waals surface area contributed by atoms with E-state index in [-0.39, 0.29) is 0 Å². The van der Waals surface area contributed by atoms with Crippen molar-refractivity contribution in [1.29, 1.82) is 0 Å². The maximum Gasteiger partial charge on any atom is 0.141 e. The molecule has 1 heterocycles. The van der Waals surface area contributed by atoms with Crippen molar-refractivity contribution < 1.29 is 0 Å². The fourth-order valence-electron chi connectivity index (χ4n) is 1.04. The molecule has 0 saturated carbocycles. The van der Waals surface area contributed by atoms with Gasteiger partial charge < -0.3 is 5.32 Å². The van der Waals surface area contributed by atoms with Crippen molar-refractivity contribution in [1.82, 2.24) is 15.3 Å². The number of rotatable bonds is 6. The van der Waals surface area contributed by atoms with Crippen molar-refractivity contribution in [2.45, 2.75) is 25.1 Å². The normalized spacial score (nSPS) is 12.7. The third kappa shape index (κ3) is 4.58. The van der Waals surface area contributed by atoms with E-state index in [4.69, 9.17) is 0 Å². The second-order valence-electron chi connectivity index (χ2n) is 3.18. The highest BCUT2D eigenvalue weighted by molar-refractivity contribution is 7.99. The van der Waals surface area contributed by atoms with Crippen LogP contribution in [0, 0.1) is 0 Å². The summed E-state index contributed by atoms with van der Waals surface area (Å²) >= 11 is 1.90. The molecule has 78 valence electrons. The molecular weight excluding hydrogens is 194 g/mol. The van der Waals surface area contributed by atoms with Crippen molar-refractivity contribution in [2.75, 3.05) is 12.8 Å². The first-order valence-electron chi connectivity index (χ1n) is 4.82. The van der Waals surface area contributed by atoms with E-state index >= 15 is 0 Å². The van der Waals surface area contributed by atoms with Gasteiger partial charge in [0.1, 0.15) is 5.82 Å². The minimum Gasteiger partial charge on any atom is -0.310 e. The quantitative estimate of drug-likeness (QED) is 0.727. The summed E-state index contributed by atoms with van der Waals surface area (Å²) in [6.07, 6.45) is 6.88. The number of hydrogen-bond donors (Lipinski definition) is 1. The minimum absolute atomic E-state index is 0.721. The second kappa shape index (κ2) is 6.79. The SMILES string of the molecule is CSC(C)CCNCc1ncccn1. The third-order valence-corrected chi connectivity index (χ3v) is 3.07. The van der Waals surface area contributed by atoms with E-state index in [0.29, 0.717) is 0 Å². The van der Waals surface area contributed by atoms with Crippen molar-refractivity contribution in [2.24, 2.45) is 0 Å². The molecule has 0 bridgehead atoms. The minimum atomic E-state index is 0.721. The van der Waals surface area contributed by atoms with Crippen LogP contribution in [0.2, 0.25) is 0 Å². The first kappa shape index (κ1) is 11.5. The largest absolute Gasteiger partial charge is 0.310 e. The molecular formula is C10H17N3S. The smallest absolute Gasteiger partial charge is 0.141 e. The van der Waals surface area contributed by atoms with Gasteiger partial charge in [-0.2, -0.15) is 11.8 Å². The molecule has 4 heteroatoms. The lowest BCUT2D eigenvalue weighted by Crippen LogP contribution is -2.18. The Kier molecular flexibility index (Phi) is 5.56. The van der Waals surface area contributed by atoms with E-state index in [2.05, 4.69) is 28.5 Å². The summed E-state index contributed by atoms with van der Waals surface area (Å²) in [6.45, 7) is 4.04. The molecule has 0 aromatic carbocycles. The first-order valence-corrected chi connectivity index (χ1v) is 6.11. The first-order chi connectivity index (χ1) is 6.83. The average molecular weight is 211 g/mol. The summed E-state index contributed by atoms with van der Waals surface area (Å²) in [5, 5.41) is 4.05. The number of aromatic nitrogens is 2. The Morgan fingerprint density at radius 3 is 2.79 bits per heavy atom. The maximum atomic E-state index is 4.14. The van der Waals surface area contributed by atoms with Gasteiger partial charge in [0, 0.05) is 17.6 Å². The molecule has 1 aromatic rings. The fraction of sp³-hybridized carbons (Fsp3) is 0.600. The Balaban J connectivity index is 2.10. The molecule has 14 heavy (non-hydrogen) atoms. The maximum absolute atomic E-state index is 4.14. The highest BCUT2D eigenvalue weighted by atomic mass is 32.2. The number of nitrogens with zero attached hydrogens (tertiary/aromatic N) is 2. The van der Waals surface area contributed by atoms with E-state index in [1.54, 1.807) is 12.4 Å². The lowest BCUT2D eigenvalue weighted by Gasteiger charge is -2.08. The molecule has 0 saturated heterocycles. The molecule has 0 radical (unpaired) electrons. The average Bonchev–Trinajstić information content (AvgIpc) is 2.25. The van der Waals surface area contributed by atoms with Gasteiger partial charge in [-0.3, -0.25) is 0 Å². The van der Waals surface area contributed by atoms with Crippen LogP contribution in [0.3, 0.4) is 0 Å². The van der Waals surface area contributed by atoms with Crippen LogP contribution in [-0.4, -0.2) is 28.0 Å². The van der Waals surface area contributed by atoms with Gasteiger partial charge in [-0.25, -0.2) is 9.97 Å². The Morgan fingerprint density at radius 1 is 1.43 bits per heavy atom. The molecule has 1 atom stereocenters. The van der Waals surface area contributed by atoms with Crippen LogP contribution >= 0.6 is 11.8 Å². The van der Waals surface area contributed by atoms with Crippen LogP contribution in [0.25, 0.3) is 0 Å². The summed E-state index contributed by atoms with van der Waals surface area (Å²) in [5.74, 6) is 0.865. The van der Waals surface area contributed by atoms with Crippen LogP contribution in [0.15, 0.2) is 18.5 Å². The van der Waals surface area contributed by atoms with Crippen LogP contribution in [0.5, 0.6) is 0 Å². The Labute approximate surface area is 89.7 Å². The zero-order chi connectivity index (χ0) is 10.2. The van der Waals surface area contributed by atoms with Gasteiger partial charge in [-0.1, -0.05) is 6.92 Å². The van der Waals surface area contributed by atoms with Crippen LogP contribution in [0.1, 0.15) is 19.2 Å². The molecule has 0 aliphatic carbocycles. The number of hydrogen-bond acceptors (Lipinski definition) is 4. The lowest BCUT2D eigenvalue weighted by molar-refractivity contribution is 0.628. The third-order valence-electron chi connectivity index (χ3n) is 2.03. The Morgan fingerprint density at radius 2 is 2.14 bits per heavy atom. The van der Waals surface area contributed by atoms with Crippen LogP contribution in [0.4, 0.5) is 0 Å². The Hall–Kier alpha value is -0.610. The fourth-order valence-corrected chi connectivity index (χ4v) is 1.40. The standard InChI is InChI=1S/C10H17N3S/c1-9(14-2)4-7-11-8-10-12-5-3-6-13-10/h3,5-6,9,11H,4,7-8H2,1-2H3. The summed E-state index contributed by atoms with van der Waals surface area (Å²) < 4.78 is 0. The number of nitrogens with one attached hydrogen (secondary N) is 1. The van der Waals surface area contributed by atoms with Crippen LogP contribution < -0.4 is 5.32 Å². The molecule has 1 N–H and O–H groups in total. The van der Waals surface area contributed by atoms with Gasteiger partial charge in [0.25, 0.3) is 0 Å². The van der Waals surface area contributed by atoms with E-state index < -0.39 is 0 Å². The molecule has 1 unspecified atom stereocenters. The molecule has 3 nitrogen and oxygen atoms in total. The summed E-state index contributed by atoms with van der Waals surface area (Å²) in [6, 6.07) is 1.83. The van der Waals surface area contributed by atoms with Gasteiger partial charge in [0.15, 0.2) is 0 Å². The topological polar surface area (TPSA) is 37.8 Å². The van der Waals surface area contributed by atoms with Crippen molar-refractivity contribution in [3.05, 3.63) is 24.3 Å². The zero-order valence-corrected chi connectivity index (χ0v) is 9.55. The molecule has 0 spiro atoms. The summed E-state index contributed by atoms with van der Waals surface area (Å²) in [4.78, 5) is 8.27. The van der Waals surface area contributed by atoms with Crippen molar-refractivity contribution >= 4 is 11.8 Å². The number of thioether (sulfide) groups is 1. The van der Waals surface area contributed by atoms with Gasteiger partial charge in [-0.05, 0) is 25.3 Å². The van der Waals surface area contributed by atoms with E-state index in [0.717, 1.165) is 24.2 Å². The lowest BCUT2D eigenvalue weighted by atomic mass is 10.3. The van der Waals surface area contributed by atoms with Crippen LogP contribution in [-0.2, 0) is 6.54 Å². The van der Waals surface area contributed by atoms with E-state index in [1.807, 2.05) is 17.8 Å². The van der Waals surface area contributed by atoms with Crippen molar-refractivity contribution in [3.8, 4) is 0 Å². The monoisotopic (exact) mass is 211 g/mol. The van der Waals surface area contributed by atoms with Gasteiger partial charge in [0.05, 0.1) is 6.54 Å². The van der Waals surface area contributed by atoms with Gasteiger partial charge >= 0.3 is 0 Å². The summed E-state index contributed by atoms with van der Waals surface area (Å²) in [5.41, 5.74) is 0. The molecule has 0 aliphatic rings. The van der Waals surface area contributed by atoms with E-state index in [1.165, 1.54) is 6.42 Å². The predicted molar refractivity (Wildman–Crippen MR) is 61.3 cm³/mol. The predicted octanol–water partition coefficient (Wildman–Crippen LogP) is 1.71. The molecule has 0 fully saturated rings. The highest BCUT2D eigenvalue weighted by Crippen LogP contribution is 2.07. The van der Waals surface area contributed by atoms with Gasteiger partial charge in [-0.15, -0.1) is 0 Å².